The summed E-state index contributed by atoms with van der Waals surface area (Å²) in [4.78, 5) is 23.0. The Balaban J connectivity index is 2.44. The molecular weight excluding hydrogens is 300 g/mol. The van der Waals surface area contributed by atoms with Crippen molar-refractivity contribution in [2.45, 2.75) is 64.6 Å². The first-order chi connectivity index (χ1) is 10.6. The third-order valence-electron chi connectivity index (χ3n) is 5.71. The zero-order valence-electron chi connectivity index (χ0n) is 14.0. The molecule has 2 aliphatic carbocycles. The first kappa shape index (κ1) is 17.9. The second-order valence-corrected chi connectivity index (χ2v) is 7.15. The molecule has 6 nitrogen and oxygen atoms in total. The number of carbonyl (C=O) groups excluding carboxylic acids is 1. The van der Waals surface area contributed by atoms with Crippen LogP contribution in [0.3, 0.4) is 0 Å². The molecule has 2 aliphatic rings. The fourth-order valence-electron chi connectivity index (χ4n) is 4.23. The van der Waals surface area contributed by atoms with E-state index in [1.807, 2.05) is 13.8 Å². The zero-order valence-corrected chi connectivity index (χ0v) is 14.0. The predicted molar refractivity (Wildman–Crippen MR) is 82.6 cm³/mol. The maximum absolute atomic E-state index is 11.5. The van der Waals surface area contributed by atoms with Crippen LogP contribution < -0.4 is 0 Å². The van der Waals surface area contributed by atoms with Crippen LogP contribution in [0.1, 0.15) is 52.9 Å². The van der Waals surface area contributed by atoms with Crippen molar-refractivity contribution < 1.29 is 29.6 Å². The van der Waals surface area contributed by atoms with Crippen LogP contribution in [0.2, 0.25) is 0 Å². The molecule has 2 rings (SSSR count). The number of hydrogen-bond acceptors (Lipinski definition) is 5. The lowest BCUT2D eigenvalue weighted by molar-refractivity contribution is -0.179. The monoisotopic (exact) mass is 326 g/mol. The maximum atomic E-state index is 11.5. The largest absolute Gasteiger partial charge is 0.479 e. The van der Waals surface area contributed by atoms with Crippen molar-refractivity contribution in [3.8, 4) is 0 Å². The average molecular weight is 326 g/mol. The Morgan fingerprint density at radius 1 is 1.43 bits per heavy atom. The highest BCUT2D eigenvalue weighted by Gasteiger charge is 2.54. The lowest BCUT2D eigenvalue weighted by atomic mass is 9.58. The minimum absolute atomic E-state index is 0.232. The standard InChI is InChI=1S/C17H26O6/c1-10-5-4-6-16(3)13(10)7-12(8-14(16)23-11(2)19)17(22,9-18)15(20)21/h12,14,18,22H,4-9H2,1-3H3,(H,20,21)/t12-,14-,16-,17+/m0/s1. The van der Waals surface area contributed by atoms with Gasteiger partial charge in [0, 0.05) is 18.3 Å². The second kappa shape index (κ2) is 6.24. The highest BCUT2D eigenvalue weighted by atomic mass is 16.5. The Morgan fingerprint density at radius 2 is 2.09 bits per heavy atom. The van der Waals surface area contributed by atoms with Gasteiger partial charge >= 0.3 is 11.9 Å². The molecule has 0 amide bonds. The van der Waals surface area contributed by atoms with E-state index in [-0.39, 0.29) is 11.8 Å². The van der Waals surface area contributed by atoms with E-state index in [1.54, 1.807) is 0 Å². The molecule has 6 heteroatoms. The topological polar surface area (TPSA) is 104 Å². The number of aliphatic carboxylic acids is 1. The highest BCUT2D eigenvalue weighted by Crippen LogP contribution is 2.54. The van der Waals surface area contributed by atoms with Gasteiger partial charge in [-0.2, -0.15) is 0 Å². The van der Waals surface area contributed by atoms with Crippen molar-refractivity contribution in [1.82, 2.24) is 0 Å². The number of allylic oxidation sites excluding steroid dienone is 1. The Kier molecular flexibility index (Phi) is 4.87. The van der Waals surface area contributed by atoms with Gasteiger partial charge in [0.25, 0.3) is 0 Å². The smallest absolute Gasteiger partial charge is 0.338 e. The van der Waals surface area contributed by atoms with Gasteiger partial charge in [0.15, 0.2) is 5.60 Å². The molecule has 0 aliphatic heterocycles. The van der Waals surface area contributed by atoms with Gasteiger partial charge in [0.05, 0.1) is 6.61 Å². The zero-order chi connectivity index (χ0) is 17.4. The molecule has 4 atom stereocenters. The van der Waals surface area contributed by atoms with E-state index in [0.717, 1.165) is 24.8 Å². The van der Waals surface area contributed by atoms with Crippen LogP contribution in [0.5, 0.6) is 0 Å². The van der Waals surface area contributed by atoms with E-state index in [9.17, 15) is 24.9 Å². The summed E-state index contributed by atoms with van der Waals surface area (Å²) in [6.45, 7) is 4.54. The lowest BCUT2D eigenvalue weighted by Gasteiger charge is -2.50. The van der Waals surface area contributed by atoms with Gasteiger partial charge in [-0.15, -0.1) is 0 Å². The van der Waals surface area contributed by atoms with Gasteiger partial charge in [-0.25, -0.2) is 4.79 Å². The molecule has 0 aromatic heterocycles. The second-order valence-electron chi connectivity index (χ2n) is 7.15. The van der Waals surface area contributed by atoms with Crippen LogP contribution in [-0.4, -0.2) is 45.6 Å². The van der Waals surface area contributed by atoms with Crippen molar-refractivity contribution in [3.63, 3.8) is 0 Å². The number of ether oxygens (including phenoxy) is 1. The van der Waals surface area contributed by atoms with Crippen molar-refractivity contribution in [3.05, 3.63) is 11.1 Å². The number of carboxylic acids is 1. The van der Waals surface area contributed by atoms with Crippen LogP contribution in [0, 0.1) is 11.3 Å². The van der Waals surface area contributed by atoms with Crippen LogP contribution in [-0.2, 0) is 14.3 Å². The Labute approximate surface area is 136 Å². The number of carboxylic acid groups (broad SMARTS) is 1. The summed E-state index contributed by atoms with van der Waals surface area (Å²) >= 11 is 0. The molecule has 0 aromatic rings. The van der Waals surface area contributed by atoms with Crippen molar-refractivity contribution in [2.24, 2.45) is 11.3 Å². The Bertz CT molecular complexity index is 539. The Hall–Kier alpha value is -1.40. The molecular formula is C17H26O6. The SMILES string of the molecule is CC(=O)O[C@H]1C[C@@H]([C@](O)(CO)C(=O)O)CC2=C(C)CCC[C@@]21C. The van der Waals surface area contributed by atoms with Crippen LogP contribution in [0.25, 0.3) is 0 Å². The molecule has 0 radical (unpaired) electrons. The number of aliphatic hydroxyl groups is 2. The lowest BCUT2D eigenvalue weighted by Crippen LogP contribution is -2.55. The van der Waals surface area contributed by atoms with E-state index in [1.165, 1.54) is 12.5 Å². The summed E-state index contributed by atoms with van der Waals surface area (Å²) in [7, 11) is 0. The molecule has 130 valence electrons. The number of carbonyl (C=O) groups is 2. The fraction of sp³-hybridized carbons (Fsp3) is 0.765. The summed E-state index contributed by atoms with van der Waals surface area (Å²) in [5.41, 5.74) is -0.297. The average Bonchev–Trinajstić information content (AvgIpc) is 2.47. The third kappa shape index (κ3) is 3.02. The van der Waals surface area contributed by atoms with Gasteiger partial charge < -0.3 is 20.1 Å². The van der Waals surface area contributed by atoms with Gasteiger partial charge in [-0.3, -0.25) is 4.79 Å². The van der Waals surface area contributed by atoms with E-state index in [2.05, 4.69) is 0 Å². The Morgan fingerprint density at radius 3 is 2.61 bits per heavy atom. The first-order valence-corrected chi connectivity index (χ1v) is 8.08. The first-order valence-electron chi connectivity index (χ1n) is 8.08. The quantitative estimate of drug-likeness (QED) is 0.536. The molecule has 1 fully saturated rings. The molecule has 0 aromatic carbocycles. The number of aliphatic hydroxyl groups excluding tert-OH is 1. The summed E-state index contributed by atoms with van der Waals surface area (Å²) in [5.74, 6) is -2.54. The van der Waals surface area contributed by atoms with Crippen molar-refractivity contribution in [1.29, 1.82) is 0 Å². The van der Waals surface area contributed by atoms with E-state index >= 15 is 0 Å². The van der Waals surface area contributed by atoms with E-state index in [4.69, 9.17) is 4.74 Å². The third-order valence-corrected chi connectivity index (χ3v) is 5.71. The number of esters is 1. The van der Waals surface area contributed by atoms with E-state index < -0.39 is 36.2 Å². The minimum atomic E-state index is -2.22. The highest BCUT2D eigenvalue weighted by molar-refractivity contribution is 5.78. The number of hydrogen-bond donors (Lipinski definition) is 3. The van der Waals surface area contributed by atoms with Crippen LogP contribution >= 0.6 is 0 Å². The molecule has 1 saturated carbocycles. The van der Waals surface area contributed by atoms with Crippen molar-refractivity contribution >= 4 is 11.9 Å². The molecule has 0 spiro atoms. The number of fused-ring (bicyclic) bond motifs is 1. The molecule has 0 saturated heterocycles. The molecule has 23 heavy (non-hydrogen) atoms. The van der Waals surface area contributed by atoms with Gasteiger partial charge in [-0.05, 0) is 39.0 Å². The summed E-state index contributed by atoms with van der Waals surface area (Å²) in [6, 6.07) is 0. The molecule has 0 heterocycles. The normalized spacial score (nSPS) is 33.6. The summed E-state index contributed by atoms with van der Waals surface area (Å²) in [5, 5.41) is 29.2. The molecule has 0 unspecified atom stereocenters. The van der Waals surface area contributed by atoms with E-state index in [0.29, 0.717) is 6.42 Å². The van der Waals surface area contributed by atoms with Gasteiger partial charge in [-0.1, -0.05) is 18.1 Å². The van der Waals surface area contributed by atoms with Gasteiger partial charge in [0.2, 0.25) is 0 Å². The fourth-order valence-corrected chi connectivity index (χ4v) is 4.23. The van der Waals surface area contributed by atoms with Crippen LogP contribution in [0.15, 0.2) is 11.1 Å². The summed E-state index contributed by atoms with van der Waals surface area (Å²) < 4.78 is 5.50. The predicted octanol–water partition coefficient (Wildman–Crippen LogP) is 1.64. The maximum Gasteiger partial charge on any atom is 0.338 e. The summed E-state index contributed by atoms with van der Waals surface area (Å²) in [6.07, 6.45) is 2.95. The van der Waals surface area contributed by atoms with Crippen molar-refractivity contribution in [2.75, 3.05) is 6.61 Å². The molecule has 0 bridgehead atoms. The molecule has 3 N–H and O–H groups in total. The van der Waals surface area contributed by atoms with Crippen LogP contribution in [0.4, 0.5) is 0 Å². The number of rotatable bonds is 4. The minimum Gasteiger partial charge on any atom is -0.479 e. The van der Waals surface area contributed by atoms with Gasteiger partial charge in [0.1, 0.15) is 6.10 Å².